The van der Waals surface area contributed by atoms with E-state index < -0.39 is 23.3 Å². The number of thioether (sulfide) groups is 1. The lowest BCUT2D eigenvalue weighted by atomic mass is 10.0. The highest BCUT2D eigenvalue weighted by Crippen LogP contribution is 2.41. The molecule has 1 aromatic rings. The second-order valence-corrected chi connectivity index (χ2v) is 6.84. The minimum atomic E-state index is -1.25. The molecule has 1 saturated heterocycles. The summed E-state index contributed by atoms with van der Waals surface area (Å²) in [5.41, 5.74) is 0.276. The second kappa shape index (κ2) is 6.48. The first-order valence-electron chi connectivity index (χ1n) is 7.21. The predicted molar refractivity (Wildman–Crippen MR) is 85.1 cm³/mol. The van der Waals surface area contributed by atoms with E-state index in [2.05, 4.69) is 10.3 Å². The fraction of sp³-hybridized carbons (Fsp3) is 0.429. The Morgan fingerprint density at radius 3 is 2.96 bits per heavy atom. The van der Waals surface area contributed by atoms with Gasteiger partial charge in [0, 0.05) is 12.2 Å². The van der Waals surface area contributed by atoms with Gasteiger partial charge in [0.25, 0.3) is 5.91 Å². The number of halogens is 1. The molecule has 0 aliphatic carbocycles. The molecule has 0 bridgehead atoms. The van der Waals surface area contributed by atoms with Crippen LogP contribution in [0.5, 0.6) is 0 Å². The first kappa shape index (κ1) is 16.8. The second-order valence-electron chi connectivity index (χ2n) is 5.28. The van der Waals surface area contributed by atoms with Gasteiger partial charge in [-0.25, -0.2) is 9.78 Å². The third-order valence-electron chi connectivity index (χ3n) is 3.68. The summed E-state index contributed by atoms with van der Waals surface area (Å²) in [7, 11) is 0. The molecule has 2 aliphatic rings. The van der Waals surface area contributed by atoms with Crippen LogP contribution in [0.1, 0.15) is 18.5 Å². The minimum Gasteiger partial charge on any atom is -0.477 e. The number of β-lactam (4-membered cyclic amide) rings is 1. The van der Waals surface area contributed by atoms with Crippen LogP contribution in [0.4, 0.5) is 0 Å². The van der Waals surface area contributed by atoms with Crippen LogP contribution in [0.3, 0.4) is 0 Å². The van der Waals surface area contributed by atoms with E-state index in [-0.39, 0.29) is 28.8 Å². The standard InChI is InChI=1S/C14H14ClN3O5S/c1-2-9-16-6(4-23-9)3-8(19)17-10-12(20)18-11(14(21)22)7(15)5-24-13(10)18/h4,10,13H,2-3,5H2,1H3,(H,17,19)(H,21,22)/t10-,13-/m1/s1. The van der Waals surface area contributed by atoms with E-state index >= 15 is 0 Å². The molecule has 0 spiro atoms. The quantitative estimate of drug-likeness (QED) is 0.733. The first-order chi connectivity index (χ1) is 11.4. The lowest BCUT2D eigenvalue weighted by molar-refractivity contribution is -0.150. The Labute approximate surface area is 146 Å². The summed E-state index contributed by atoms with van der Waals surface area (Å²) in [6, 6.07) is -0.765. The molecule has 0 unspecified atom stereocenters. The SMILES string of the molecule is CCc1nc(CC(=O)N[C@@H]2C(=O)N3C(C(=O)O)=C(Cl)CS[C@H]23)co1. The Kier molecular flexibility index (Phi) is 4.55. The van der Waals surface area contributed by atoms with Gasteiger partial charge in [-0.3, -0.25) is 14.5 Å². The van der Waals surface area contributed by atoms with Crippen LogP contribution in [0, 0.1) is 0 Å². The van der Waals surface area contributed by atoms with Gasteiger partial charge < -0.3 is 14.8 Å². The highest BCUT2D eigenvalue weighted by molar-refractivity contribution is 8.00. The number of carbonyl (C=O) groups excluding carboxylic acids is 2. The number of nitrogens with zero attached hydrogens (tertiary/aromatic N) is 2. The Bertz CT molecular complexity index is 747. The molecular weight excluding hydrogens is 358 g/mol. The Morgan fingerprint density at radius 1 is 1.58 bits per heavy atom. The molecule has 2 amide bonds. The summed E-state index contributed by atoms with van der Waals surface area (Å²) < 4.78 is 5.16. The van der Waals surface area contributed by atoms with Crippen molar-refractivity contribution in [3.63, 3.8) is 0 Å². The van der Waals surface area contributed by atoms with Crippen molar-refractivity contribution in [2.75, 3.05) is 5.75 Å². The largest absolute Gasteiger partial charge is 0.477 e. The number of hydrogen-bond donors (Lipinski definition) is 2. The van der Waals surface area contributed by atoms with Crippen LogP contribution >= 0.6 is 23.4 Å². The summed E-state index contributed by atoms with van der Waals surface area (Å²) >= 11 is 7.21. The maximum Gasteiger partial charge on any atom is 0.353 e. The number of aromatic nitrogens is 1. The van der Waals surface area contributed by atoms with Crippen molar-refractivity contribution in [2.24, 2.45) is 0 Å². The molecule has 10 heteroatoms. The fourth-order valence-corrected chi connectivity index (χ4v) is 4.11. The normalized spacial score (nSPS) is 22.9. The van der Waals surface area contributed by atoms with Gasteiger partial charge in [0.2, 0.25) is 5.91 Å². The monoisotopic (exact) mass is 371 g/mol. The van der Waals surface area contributed by atoms with Gasteiger partial charge in [0.05, 0.1) is 17.1 Å². The van der Waals surface area contributed by atoms with E-state index in [0.717, 1.165) is 4.90 Å². The average Bonchev–Trinajstić information content (AvgIpc) is 2.99. The molecule has 3 heterocycles. The average molecular weight is 372 g/mol. The Morgan fingerprint density at radius 2 is 2.33 bits per heavy atom. The third kappa shape index (κ3) is 2.89. The zero-order valence-electron chi connectivity index (χ0n) is 12.6. The van der Waals surface area contributed by atoms with Crippen LogP contribution < -0.4 is 5.32 Å². The van der Waals surface area contributed by atoms with Crippen LogP contribution in [-0.2, 0) is 27.2 Å². The number of amides is 2. The molecule has 2 aliphatic heterocycles. The van der Waals surface area contributed by atoms with Gasteiger partial charge in [0.1, 0.15) is 23.4 Å². The molecular formula is C14H14ClN3O5S. The van der Waals surface area contributed by atoms with Gasteiger partial charge in [-0.2, -0.15) is 0 Å². The third-order valence-corrected chi connectivity index (χ3v) is 5.44. The Hall–Kier alpha value is -2.00. The number of oxazole rings is 1. The van der Waals surface area contributed by atoms with Crippen molar-refractivity contribution in [3.05, 3.63) is 28.6 Å². The number of carbonyl (C=O) groups is 3. The lowest BCUT2D eigenvalue weighted by Gasteiger charge is -2.48. The van der Waals surface area contributed by atoms with Crippen molar-refractivity contribution in [3.8, 4) is 0 Å². The highest BCUT2D eigenvalue weighted by atomic mass is 35.5. The number of fused-ring (bicyclic) bond motifs is 1. The summed E-state index contributed by atoms with van der Waals surface area (Å²) in [5, 5.41) is 11.5. The molecule has 0 aromatic carbocycles. The van der Waals surface area contributed by atoms with Crippen molar-refractivity contribution < 1.29 is 23.9 Å². The van der Waals surface area contributed by atoms with E-state index in [4.69, 9.17) is 16.0 Å². The van der Waals surface area contributed by atoms with E-state index in [0.29, 0.717) is 18.0 Å². The number of carboxylic acid groups (broad SMARTS) is 1. The van der Waals surface area contributed by atoms with Crippen LogP contribution in [-0.4, -0.2) is 49.9 Å². The fourth-order valence-electron chi connectivity index (χ4n) is 2.56. The molecule has 128 valence electrons. The molecule has 8 nitrogen and oxygen atoms in total. The molecule has 0 radical (unpaired) electrons. The summed E-state index contributed by atoms with van der Waals surface area (Å²) in [4.78, 5) is 40.8. The van der Waals surface area contributed by atoms with Crippen molar-refractivity contribution in [1.29, 1.82) is 0 Å². The van der Waals surface area contributed by atoms with E-state index in [1.54, 1.807) is 0 Å². The smallest absolute Gasteiger partial charge is 0.353 e. The van der Waals surface area contributed by atoms with Crippen LogP contribution in [0.2, 0.25) is 0 Å². The highest BCUT2D eigenvalue weighted by Gasteiger charge is 2.54. The molecule has 1 fully saturated rings. The topological polar surface area (TPSA) is 113 Å². The molecule has 2 atom stereocenters. The molecule has 3 rings (SSSR count). The molecule has 2 N–H and O–H groups in total. The number of rotatable bonds is 5. The number of hydrogen-bond acceptors (Lipinski definition) is 6. The predicted octanol–water partition coefficient (Wildman–Crippen LogP) is 0.714. The number of aryl methyl sites for hydroxylation is 1. The van der Waals surface area contributed by atoms with Crippen molar-refractivity contribution in [1.82, 2.24) is 15.2 Å². The minimum absolute atomic E-state index is 0.00690. The molecule has 24 heavy (non-hydrogen) atoms. The summed E-state index contributed by atoms with van der Waals surface area (Å²) in [5.74, 6) is -1.28. The van der Waals surface area contributed by atoms with Gasteiger partial charge in [-0.1, -0.05) is 18.5 Å². The van der Waals surface area contributed by atoms with E-state index in [1.165, 1.54) is 18.0 Å². The van der Waals surface area contributed by atoms with Gasteiger partial charge in [0.15, 0.2) is 5.89 Å². The molecule has 0 saturated carbocycles. The number of aliphatic carboxylic acids is 1. The van der Waals surface area contributed by atoms with Gasteiger partial charge in [-0.15, -0.1) is 11.8 Å². The molecule has 1 aromatic heterocycles. The number of nitrogens with one attached hydrogen (secondary N) is 1. The van der Waals surface area contributed by atoms with E-state index in [9.17, 15) is 19.5 Å². The van der Waals surface area contributed by atoms with Crippen LogP contribution in [0.15, 0.2) is 21.4 Å². The number of carboxylic acids is 1. The lowest BCUT2D eigenvalue weighted by Crippen LogP contribution is -2.70. The first-order valence-corrected chi connectivity index (χ1v) is 8.64. The van der Waals surface area contributed by atoms with E-state index in [1.807, 2.05) is 6.92 Å². The zero-order chi connectivity index (χ0) is 17.4. The van der Waals surface area contributed by atoms with Gasteiger partial charge in [-0.05, 0) is 0 Å². The van der Waals surface area contributed by atoms with Crippen molar-refractivity contribution >= 4 is 41.1 Å². The van der Waals surface area contributed by atoms with Gasteiger partial charge >= 0.3 is 5.97 Å². The maximum atomic E-state index is 12.2. The summed E-state index contributed by atoms with van der Waals surface area (Å²) in [6.07, 6.45) is 2.03. The Balaban J connectivity index is 1.64. The van der Waals surface area contributed by atoms with Crippen LogP contribution in [0.25, 0.3) is 0 Å². The summed E-state index contributed by atoms with van der Waals surface area (Å²) in [6.45, 7) is 1.89. The zero-order valence-corrected chi connectivity index (χ0v) is 14.2. The maximum absolute atomic E-state index is 12.2. The van der Waals surface area contributed by atoms with Crippen molar-refractivity contribution in [2.45, 2.75) is 31.2 Å².